The summed E-state index contributed by atoms with van der Waals surface area (Å²) in [6, 6.07) is 13.4. The van der Waals surface area contributed by atoms with Gasteiger partial charge in [-0.1, -0.05) is 18.6 Å². The number of aromatic amines is 1. The molecule has 4 rings (SSSR count). The molecule has 2 aromatic carbocycles. The van der Waals surface area contributed by atoms with Crippen LogP contribution in [0.1, 0.15) is 28.6 Å². The topological polar surface area (TPSA) is 53.2 Å². The van der Waals surface area contributed by atoms with Crippen molar-refractivity contribution in [1.82, 2.24) is 4.98 Å². The van der Waals surface area contributed by atoms with Crippen molar-refractivity contribution in [2.75, 3.05) is 11.4 Å². The number of aryl methyl sites for hydroxylation is 1. The van der Waals surface area contributed by atoms with Gasteiger partial charge in [0.05, 0.1) is 10.3 Å². The van der Waals surface area contributed by atoms with Crippen molar-refractivity contribution < 1.29 is 9.18 Å². The molecule has 1 N–H and O–H groups in total. The monoisotopic (exact) mass is 394 g/mol. The number of halogens is 1. The van der Waals surface area contributed by atoms with Gasteiger partial charge in [0, 0.05) is 27.8 Å². The van der Waals surface area contributed by atoms with Crippen molar-refractivity contribution >= 4 is 43.9 Å². The summed E-state index contributed by atoms with van der Waals surface area (Å²) in [6.07, 6.45) is 0.761. The molecular weight excluding hydrogens is 375 g/mol. The van der Waals surface area contributed by atoms with E-state index in [1.165, 1.54) is 23.5 Å². The van der Waals surface area contributed by atoms with E-state index in [-0.39, 0.29) is 17.3 Å². The summed E-state index contributed by atoms with van der Waals surface area (Å²) in [5.74, 6) is -0.530. The Balaban J connectivity index is 1.85. The Morgan fingerprint density at radius 2 is 1.86 bits per heavy atom. The molecule has 4 nitrogen and oxygen atoms in total. The Kier molecular flexibility index (Phi) is 4.73. The second-order valence-electron chi connectivity index (χ2n) is 6.79. The van der Waals surface area contributed by atoms with Gasteiger partial charge in [-0.2, -0.15) is 0 Å². The first kappa shape index (κ1) is 18.4. The normalized spacial score (nSPS) is 11.2. The van der Waals surface area contributed by atoms with Gasteiger partial charge in [0.1, 0.15) is 5.82 Å². The van der Waals surface area contributed by atoms with Crippen LogP contribution in [0.5, 0.6) is 0 Å². The lowest BCUT2D eigenvalue weighted by Crippen LogP contribution is -2.31. The predicted octanol–water partition coefficient (Wildman–Crippen LogP) is 5.25. The first-order valence-corrected chi connectivity index (χ1v) is 9.93. The van der Waals surface area contributed by atoms with E-state index in [4.69, 9.17) is 0 Å². The zero-order valence-corrected chi connectivity index (χ0v) is 16.4. The van der Waals surface area contributed by atoms with Crippen LogP contribution in [0.25, 0.3) is 21.0 Å². The number of carbonyl (C=O) groups excluding carboxylic acids is 1. The second kappa shape index (κ2) is 7.20. The smallest absolute Gasteiger partial charge is 0.268 e. The van der Waals surface area contributed by atoms with Crippen molar-refractivity contribution in [3.05, 3.63) is 75.1 Å². The summed E-state index contributed by atoms with van der Waals surface area (Å²) >= 11 is 1.32. The quantitative estimate of drug-likeness (QED) is 0.514. The Bertz CT molecular complexity index is 1240. The lowest BCUT2D eigenvalue weighted by Gasteiger charge is -2.21. The largest absolute Gasteiger partial charge is 0.321 e. The molecule has 0 radical (unpaired) electrons. The Morgan fingerprint density at radius 1 is 1.11 bits per heavy atom. The summed E-state index contributed by atoms with van der Waals surface area (Å²) in [7, 11) is 0. The van der Waals surface area contributed by atoms with Gasteiger partial charge in [-0.3, -0.25) is 9.59 Å². The van der Waals surface area contributed by atoms with Gasteiger partial charge in [-0.15, -0.1) is 11.3 Å². The van der Waals surface area contributed by atoms with Crippen LogP contribution in [0.15, 0.2) is 53.3 Å². The molecular formula is C22H19FN2O2S. The molecule has 0 atom stereocenters. The zero-order chi connectivity index (χ0) is 19.8. The number of H-pyrrole nitrogens is 1. The molecule has 1 amide bonds. The summed E-state index contributed by atoms with van der Waals surface area (Å²) in [5.41, 5.74) is 2.28. The molecule has 6 heteroatoms. The van der Waals surface area contributed by atoms with Crippen molar-refractivity contribution in [2.24, 2.45) is 0 Å². The molecule has 28 heavy (non-hydrogen) atoms. The van der Waals surface area contributed by atoms with Crippen LogP contribution in [0.2, 0.25) is 0 Å². The second-order valence-corrected chi connectivity index (χ2v) is 7.84. The van der Waals surface area contributed by atoms with Crippen molar-refractivity contribution in [1.29, 1.82) is 0 Å². The van der Waals surface area contributed by atoms with E-state index in [1.807, 2.05) is 32.0 Å². The number of aromatic nitrogens is 1. The number of hydrogen-bond acceptors (Lipinski definition) is 3. The highest BCUT2D eigenvalue weighted by Gasteiger charge is 2.21. The average molecular weight is 394 g/mol. The Hall–Kier alpha value is -2.99. The van der Waals surface area contributed by atoms with Gasteiger partial charge in [-0.25, -0.2) is 4.39 Å². The minimum absolute atomic E-state index is 0.185. The SMILES string of the molecule is CCCN(C(=O)c1cc2c(=O)[nH]c3ccc(C)cc3c2s1)c1ccc(F)cc1. The molecule has 2 heterocycles. The lowest BCUT2D eigenvalue weighted by atomic mass is 10.1. The third-order valence-electron chi connectivity index (χ3n) is 4.69. The van der Waals surface area contributed by atoms with Crippen molar-refractivity contribution in [3.8, 4) is 0 Å². The van der Waals surface area contributed by atoms with E-state index in [1.54, 1.807) is 23.1 Å². The number of thiophene rings is 1. The van der Waals surface area contributed by atoms with Gasteiger partial charge in [-0.05, 0) is 55.8 Å². The van der Waals surface area contributed by atoms with Crippen LogP contribution in [-0.4, -0.2) is 17.4 Å². The molecule has 0 bridgehead atoms. The highest BCUT2D eigenvalue weighted by Crippen LogP contribution is 2.31. The molecule has 2 aromatic heterocycles. The van der Waals surface area contributed by atoms with Crippen LogP contribution >= 0.6 is 11.3 Å². The fraction of sp³-hybridized carbons (Fsp3) is 0.182. The molecule has 0 aliphatic heterocycles. The van der Waals surface area contributed by atoms with Gasteiger partial charge >= 0.3 is 0 Å². The molecule has 0 saturated carbocycles. The number of pyridine rings is 1. The first-order valence-electron chi connectivity index (χ1n) is 9.11. The highest BCUT2D eigenvalue weighted by molar-refractivity contribution is 7.21. The maximum Gasteiger partial charge on any atom is 0.268 e. The fourth-order valence-corrected chi connectivity index (χ4v) is 4.47. The van der Waals surface area contributed by atoms with E-state index >= 15 is 0 Å². The molecule has 142 valence electrons. The molecule has 0 aliphatic carbocycles. The van der Waals surface area contributed by atoms with E-state index < -0.39 is 0 Å². The van der Waals surface area contributed by atoms with E-state index in [9.17, 15) is 14.0 Å². The summed E-state index contributed by atoms with van der Waals surface area (Å²) in [5, 5.41) is 1.45. The molecule has 0 aliphatic rings. The molecule has 4 aromatic rings. The maximum absolute atomic E-state index is 13.3. The van der Waals surface area contributed by atoms with Gasteiger partial charge in [0.25, 0.3) is 11.5 Å². The molecule has 0 saturated heterocycles. The van der Waals surface area contributed by atoms with E-state index in [0.717, 1.165) is 27.6 Å². The summed E-state index contributed by atoms with van der Waals surface area (Å²) in [6.45, 7) is 4.48. The molecule has 0 spiro atoms. The average Bonchev–Trinajstić information content (AvgIpc) is 3.14. The van der Waals surface area contributed by atoms with E-state index in [2.05, 4.69) is 4.98 Å². The number of anilines is 1. The minimum Gasteiger partial charge on any atom is -0.321 e. The fourth-order valence-electron chi connectivity index (χ4n) is 3.34. The van der Waals surface area contributed by atoms with Crippen LogP contribution < -0.4 is 10.5 Å². The van der Waals surface area contributed by atoms with Crippen molar-refractivity contribution in [3.63, 3.8) is 0 Å². The predicted molar refractivity (Wildman–Crippen MR) is 113 cm³/mol. The number of amides is 1. The zero-order valence-electron chi connectivity index (χ0n) is 15.6. The lowest BCUT2D eigenvalue weighted by molar-refractivity contribution is 0.0991. The summed E-state index contributed by atoms with van der Waals surface area (Å²) < 4.78 is 14.1. The number of nitrogens with zero attached hydrogens (tertiary/aromatic N) is 1. The van der Waals surface area contributed by atoms with E-state index in [0.29, 0.717) is 22.5 Å². The number of benzene rings is 2. The van der Waals surface area contributed by atoms with Crippen LogP contribution in [-0.2, 0) is 0 Å². The number of hydrogen-bond donors (Lipinski definition) is 1. The first-order chi connectivity index (χ1) is 13.5. The van der Waals surface area contributed by atoms with Gasteiger partial charge in [0.2, 0.25) is 0 Å². The third-order valence-corrected chi connectivity index (χ3v) is 5.84. The van der Waals surface area contributed by atoms with Gasteiger partial charge in [0.15, 0.2) is 0 Å². The van der Waals surface area contributed by atoms with Crippen molar-refractivity contribution in [2.45, 2.75) is 20.3 Å². The Labute approximate surface area is 165 Å². The number of nitrogens with one attached hydrogen (secondary N) is 1. The number of rotatable bonds is 4. The maximum atomic E-state index is 13.3. The number of carbonyl (C=O) groups is 1. The molecule has 0 fully saturated rings. The number of fused-ring (bicyclic) bond motifs is 3. The standard InChI is InChI=1S/C22H19FN2O2S/c1-3-10-25(15-7-5-14(23)6-8-15)22(27)19-12-17-20(28-19)16-11-13(2)4-9-18(16)24-21(17)26/h4-9,11-12H,3,10H2,1-2H3,(H,24,26). The third kappa shape index (κ3) is 3.20. The van der Waals surface area contributed by atoms with Crippen LogP contribution in [0, 0.1) is 12.7 Å². The van der Waals surface area contributed by atoms with Gasteiger partial charge < -0.3 is 9.88 Å². The summed E-state index contributed by atoms with van der Waals surface area (Å²) in [4.78, 5) is 30.7. The Morgan fingerprint density at radius 3 is 2.57 bits per heavy atom. The van der Waals surface area contributed by atoms with Crippen LogP contribution in [0.4, 0.5) is 10.1 Å². The van der Waals surface area contributed by atoms with Crippen LogP contribution in [0.3, 0.4) is 0 Å². The highest BCUT2D eigenvalue weighted by atomic mass is 32.1. The molecule has 0 unspecified atom stereocenters. The minimum atomic E-state index is -0.345.